The number of nitrogens with one attached hydrogen (secondary N) is 1. The molecule has 98 valence electrons. The van der Waals surface area contributed by atoms with Crippen molar-refractivity contribution in [1.82, 2.24) is 4.98 Å². The maximum Gasteiger partial charge on any atom is 0.256 e. The van der Waals surface area contributed by atoms with Crippen LogP contribution in [0.15, 0.2) is 34.8 Å². The lowest BCUT2D eigenvalue weighted by atomic mass is 10.2. The van der Waals surface area contributed by atoms with Gasteiger partial charge in [0.25, 0.3) is 5.91 Å². The third kappa shape index (κ3) is 3.05. The van der Waals surface area contributed by atoms with Gasteiger partial charge in [-0.2, -0.15) is 0 Å². The summed E-state index contributed by atoms with van der Waals surface area (Å²) >= 11 is 9.07. The third-order valence-electron chi connectivity index (χ3n) is 2.57. The van der Waals surface area contributed by atoms with Crippen LogP contribution in [-0.2, 0) is 0 Å². The third-order valence-corrected chi connectivity index (χ3v) is 3.67. The molecular weight excluding hydrogens is 330 g/mol. The van der Waals surface area contributed by atoms with Gasteiger partial charge in [0.15, 0.2) is 0 Å². The summed E-state index contributed by atoms with van der Waals surface area (Å²) < 4.78 is 0.576. The van der Waals surface area contributed by atoms with E-state index < -0.39 is 0 Å². The lowest BCUT2D eigenvalue weighted by Crippen LogP contribution is -2.14. The van der Waals surface area contributed by atoms with Crippen LogP contribution in [0.25, 0.3) is 0 Å². The first-order chi connectivity index (χ1) is 8.99. The summed E-state index contributed by atoms with van der Waals surface area (Å²) in [5.41, 5.74) is 7.99. The van der Waals surface area contributed by atoms with E-state index in [-0.39, 0.29) is 5.91 Å². The number of pyridine rings is 1. The Kier molecular flexibility index (Phi) is 4.07. The Morgan fingerprint density at radius 3 is 2.79 bits per heavy atom. The zero-order chi connectivity index (χ0) is 14.0. The van der Waals surface area contributed by atoms with Crippen LogP contribution in [0.2, 0.25) is 5.15 Å². The predicted octanol–water partition coefficient (Wildman–Crippen LogP) is 3.64. The molecule has 0 aliphatic carbocycles. The lowest BCUT2D eigenvalue weighted by Gasteiger charge is -2.10. The highest BCUT2D eigenvalue weighted by atomic mass is 79.9. The van der Waals surface area contributed by atoms with Gasteiger partial charge in [0, 0.05) is 5.69 Å². The summed E-state index contributed by atoms with van der Waals surface area (Å²) in [6.45, 7) is 1.77. The number of amides is 1. The molecule has 1 heterocycles. The second-order valence-corrected chi connectivity index (χ2v) is 5.11. The Balaban J connectivity index is 2.28. The number of halogens is 2. The van der Waals surface area contributed by atoms with Crippen molar-refractivity contribution < 1.29 is 4.79 Å². The summed E-state index contributed by atoms with van der Waals surface area (Å²) in [4.78, 5) is 16.2. The number of aryl methyl sites for hydroxylation is 1. The zero-order valence-electron chi connectivity index (χ0n) is 10.1. The highest BCUT2D eigenvalue weighted by Crippen LogP contribution is 2.25. The van der Waals surface area contributed by atoms with Crippen LogP contribution in [0, 0.1) is 6.92 Å². The summed E-state index contributed by atoms with van der Waals surface area (Å²) in [5.74, 6) is -0.258. The molecule has 1 aromatic heterocycles. The Bertz CT molecular complexity index is 646. The van der Waals surface area contributed by atoms with Gasteiger partial charge in [0.05, 0.1) is 21.4 Å². The van der Waals surface area contributed by atoms with Crippen molar-refractivity contribution in [2.75, 3.05) is 11.1 Å². The number of aromatic nitrogens is 1. The lowest BCUT2D eigenvalue weighted by molar-refractivity contribution is 0.102. The minimum atomic E-state index is -0.258. The minimum absolute atomic E-state index is 0.258. The van der Waals surface area contributed by atoms with Gasteiger partial charge in [-0.05, 0) is 47.1 Å². The monoisotopic (exact) mass is 339 g/mol. The van der Waals surface area contributed by atoms with E-state index in [2.05, 4.69) is 26.2 Å². The molecule has 0 fully saturated rings. The smallest absolute Gasteiger partial charge is 0.256 e. The van der Waals surface area contributed by atoms with Crippen LogP contribution in [0.3, 0.4) is 0 Å². The van der Waals surface area contributed by atoms with Gasteiger partial charge in [-0.15, -0.1) is 0 Å². The average Bonchev–Trinajstić information content (AvgIpc) is 2.36. The van der Waals surface area contributed by atoms with Gasteiger partial charge in [0.2, 0.25) is 0 Å². The van der Waals surface area contributed by atoms with Crippen molar-refractivity contribution in [3.8, 4) is 0 Å². The molecule has 0 bridgehead atoms. The maximum absolute atomic E-state index is 12.2. The second-order valence-electron chi connectivity index (χ2n) is 3.93. The SMILES string of the molecule is Cc1nc(Cl)ccc1NC(=O)c1cccc(N)c1Br. The molecule has 2 aromatic rings. The summed E-state index contributed by atoms with van der Waals surface area (Å²) in [6.07, 6.45) is 0. The number of benzene rings is 1. The number of nitrogen functional groups attached to an aromatic ring is 1. The average molecular weight is 341 g/mol. The van der Waals surface area contributed by atoms with Gasteiger partial charge in [-0.25, -0.2) is 4.98 Å². The Hall–Kier alpha value is -1.59. The van der Waals surface area contributed by atoms with Gasteiger partial charge in [-0.1, -0.05) is 17.7 Å². The topological polar surface area (TPSA) is 68.0 Å². The van der Waals surface area contributed by atoms with Crippen molar-refractivity contribution in [3.05, 3.63) is 51.2 Å². The van der Waals surface area contributed by atoms with E-state index in [4.69, 9.17) is 17.3 Å². The van der Waals surface area contributed by atoms with Crippen LogP contribution >= 0.6 is 27.5 Å². The fourth-order valence-corrected chi connectivity index (χ4v) is 2.21. The highest BCUT2D eigenvalue weighted by Gasteiger charge is 2.13. The Labute approximate surface area is 124 Å². The molecule has 1 amide bonds. The largest absolute Gasteiger partial charge is 0.398 e. The maximum atomic E-state index is 12.2. The quantitative estimate of drug-likeness (QED) is 0.648. The number of anilines is 2. The number of nitrogens with zero attached hydrogens (tertiary/aromatic N) is 1. The molecule has 0 saturated heterocycles. The molecule has 4 nitrogen and oxygen atoms in total. The van der Waals surface area contributed by atoms with E-state index in [0.717, 1.165) is 0 Å². The first-order valence-electron chi connectivity index (χ1n) is 5.47. The van der Waals surface area contributed by atoms with Crippen LogP contribution in [0.4, 0.5) is 11.4 Å². The molecular formula is C13H11BrClN3O. The van der Waals surface area contributed by atoms with Gasteiger partial charge in [-0.3, -0.25) is 4.79 Å². The molecule has 1 aromatic carbocycles. The van der Waals surface area contributed by atoms with Crippen LogP contribution in [0.1, 0.15) is 16.1 Å². The molecule has 6 heteroatoms. The van der Waals surface area contributed by atoms with Crippen molar-refractivity contribution in [2.45, 2.75) is 6.92 Å². The van der Waals surface area contributed by atoms with Crippen LogP contribution in [0.5, 0.6) is 0 Å². The number of carbonyl (C=O) groups excluding carboxylic acids is 1. The second kappa shape index (κ2) is 5.59. The van der Waals surface area contributed by atoms with Crippen molar-refractivity contribution in [2.24, 2.45) is 0 Å². The van der Waals surface area contributed by atoms with E-state index in [1.807, 2.05) is 0 Å². The fourth-order valence-electron chi connectivity index (χ4n) is 1.58. The molecule has 0 aliphatic heterocycles. The number of hydrogen-bond acceptors (Lipinski definition) is 3. The standard InChI is InChI=1S/C13H11BrClN3O/c1-7-10(5-6-11(15)17-7)18-13(19)8-3-2-4-9(16)12(8)14/h2-6H,16H2,1H3,(H,18,19). The molecule has 2 rings (SSSR count). The van der Waals surface area contributed by atoms with Gasteiger partial charge < -0.3 is 11.1 Å². The van der Waals surface area contributed by atoms with Crippen molar-refractivity contribution in [3.63, 3.8) is 0 Å². The molecule has 0 radical (unpaired) electrons. The highest BCUT2D eigenvalue weighted by molar-refractivity contribution is 9.10. The van der Waals surface area contributed by atoms with Gasteiger partial charge >= 0.3 is 0 Å². The van der Waals surface area contributed by atoms with E-state index >= 15 is 0 Å². The first kappa shape index (κ1) is 13.8. The van der Waals surface area contributed by atoms with Crippen molar-refractivity contribution >= 4 is 44.8 Å². The predicted molar refractivity (Wildman–Crippen MR) is 80.5 cm³/mol. The van der Waals surface area contributed by atoms with E-state index in [1.54, 1.807) is 37.3 Å². The normalized spacial score (nSPS) is 10.3. The summed E-state index contributed by atoms with van der Waals surface area (Å²) in [7, 11) is 0. The zero-order valence-corrected chi connectivity index (χ0v) is 12.4. The molecule has 0 atom stereocenters. The summed E-state index contributed by atoms with van der Waals surface area (Å²) in [6, 6.07) is 8.47. The number of carbonyl (C=O) groups is 1. The number of hydrogen-bond donors (Lipinski definition) is 2. The molecule has 3 N–H and O–H groups in total. The molecule has 19 heavy (non-hydrogen) atoms. The fraction of sp³-hybridized carbons (Fsp3) is 0.0769. The van der Waals surface area contributed by atoms with Crippen LogP contribution < -0.4 is 11.1 Å². The van der Waals surface area contributed by atoms with Crippen LogP contribution in [-0.4, -0.2) is 10.9 Å². The Morgan fingerprint density at radius 2 is 2.11 bits per heavy atom. The van der Waals surface area contributed by atoms with Crippen molar-refractivity contribution in [1.29, 1.82) is 0 Å². The minimum Gasteiger partial charge on any atom is -0.398 e. The van der Waals surface area contributed by atoms with E-state index in [1.165, 1.54) is 0 Å². The number of rotatable bonds is 2. The van der Waals surface area contributed by atoms with Gasteiger partial charge in [0.1, 0.15) is 5.15 Å². The van der Waals surface area contributed by atoms with E-state index in [9.17, 15) is 4.79 Å². The van der Waals surface area contributed by atoms with E-state index in [0.29, 0.717) is 32.3 Å². The first-order valence-corrected chi connectivity index (χ1v) is 6.64. The number of nitrogens with two attached hydrogens (primary N) is 1. The summed E-state index contributed by atoms with van der Waals surface area (Å²) in [5, 5.41) is 3.17. The Morgan fingerprint density at radius 1 is 1.37 bits per heavy atom. The molecule has 0 spiro atoms. The molecule has 0 aliphatic rings. The molecule has 0 unspecified atom stereocenters. The molecule has 0 saturated carbocycles.